The molecule has 9 heteroatoms. The number of ether oxygens (including phenoxy) is 1. The van der Waals surface area contributed by atoms with Gasteiger partial charge in [-0.3, -0.25) is 4.79 Å². The highest BCUT2D eigenvalue weighted by molar-refractivity contribution is 8.00. The van der Waals surface area contributed by atoms with E-state index < -0.39 is 10.0 Å². The Labute approximate surface area is 180 Å². The molecule has 6 nitrogen and oxygen atoms in total. The minimum atomic E-state index is -3.72. The second-order valence-electron chi connectivity index (χ2n) is 6.85. The Hall–Kier alpha value is -2.10. The fraction of sp³-hybridized carbons (Fsp3) is 0.381. The minimum absolute atomic E-state index is 0.0650. The molecule has 0 spiro atoms. The lowest BCUT2D eigenvalue weighted by molar-refractivity contribution is -0.113. The maximum Gasteiger partial charge on any atom is 0.246 e. The van der Waals surface area contributed by atoms with Crippen LogP contribution in [-0.2, 0) is 14.8 Å². The normalized spacial score (nSPS) is 15.0. The van der Waals surface area contributed by atoms with Crippen LogP contribution >= 0.6 is 11.8 Å². The van der Waals surface area contributed by atoms with Gasteiger partial charge in [-0.15, -0.1) is 11.8 Å². The van der Waals surface area contributed by atoms with Crippen LogP contribution < -0.4 is 10.1 Å². The van der Waals surface area contributed by atoms with Crippen molar-refractivity contribution in [1.82, 2.24) is 4.31 Å². The highest BCUT2D eigenvalue weighted by Crippen LogP contribution is 2.31. The van der Waals surface area contributed by atoms with Crippen LogP contribution in [0.4, 0.5) is 10.1 Å². The van der Waals surface area contributed by atoms with Crippen LogP contribution in [0.15, 0.2) is 52.3 Å². The molecule has 1 fully saturated rings. The van der Waals surface area contributed by atoms with Gasteiger partial charge >= 0.3 is 0 Å². The zero-order chi connectivity index (χ0) is 21.6. The van der Waals surface area contributed by atoms with Crippen LogP contribution in [-0.4, -0.2) is 44.1 Å². The number of carbonyl (C=O) groups is 1. The van der Waals surface area contributed by atoms with Gasteiger partial charge in [-0.05, 0) is 62.2 Å². The summed E-state index contributed by atoms with van der Waals surface area (Å²) in [7, 11) is -3.72. The van der Waals surface area contributed by atoms with E-state index >= 15 is 0 Å². The number of anilines is 1. The fourth-order valence-corrected chi connectivity index (χ4v) is 5.56. The molecular formula is C21H25FN2O4S2. The van der Waals surface area contributed by atoms with Crippen molar-refractivity contribution in [2.24, 2.45) is 0 Å². The van der Waals surface area contributed by atoms with E-state index in [0.717, 1.165) is 24.2 Å². The maximum absolute atomic E-state index is 13.2. The largest absolute Gasteiger partial charge is 0.492 e. The third-order valence-electron chi connectivity index (χ3n) is 4.64. The van der Waals surface area contributed by atoms with Crippen LogP contribution in [0.3, 0.4) is 0 Å². The average Bonchev–Trinajstić information content (AvgIpc) is 2.75. The lowest BCUT2D eigenvalue weighted by Gasteiger charge is -2.27. The van der Waals surface area contributed by atoms with E-state index in [9.17, 15) is 17.6 Å². The molecular weight excluding hydrogens is 427 g/mol. The number of nitrogens with zero attached hydrogens (tertiary/aromatic N) is 1. The second kappa shape index (κ2) is 10.3. The van der Waals surface area contributed by atoms with E-state index in [1.54, 1.807) is 31.2 Å². The molecule has 2 aromatic carbocycles. The van der Waals surface area contributed by atoms with Gasteiger partial charge in [-0.1, -0.05) is 6.42 Å². The average molecular weight is 453 g/mol. The van der Waals surface area contributed by atoms with Crippen molar-refractivity contribution in [2.45, 2.75) is 36.0 Å². The molecule has 0 unspecified atom stereocenters. The molecule has 1 aliphatic rings. The first-order valence-electron chi connectivity index (χ1n) is 9.85. The summed E-state index contributed by atoms with van der Waals surface area (Å²) in [6.07, 6.45) is 2.69. The van der Waals surface area contributed by atoms with Gasteiger partial charge < -0.3 is 10.1 Å². The van der Waals surface area contributed by atoms with Crippen molar-refractivity contribution in [1.29, 1.82) is 0 Å². The molecule has 0 radical (unpaired) electrons. The highest BCUT2D eigenvalue weighted by atomic mass is 32.2. The van der Waals surface area contributed by atoms with Crippen LogP contribution in [0, 0.1) is 5.82 Å². The molecule has 0 saturated carbocycles. The third-order valence-corrected chi connectivity index (χ3v) is 7.58. The van der Waals surface area contributed by atoms with Gasteiger partial charge in [0, 0.05) is 23.7 Å². The van der Waals surface area contributed by atoms with Gasteiger partial charge in [0.15, 0.2) is 0 Å². The Morgan fingerprint density at radius 3 is 2.50 bits per heavy atom. The number of thioether (sulfide) groups is 1. The molecule has 0 bridgehead atoms. The predicted molar refractivity (Wildman–Crippen MR) is 116 cm³/mol. The molecule has 0 aromatic heterocycles. The summed E-state index contributed by atoms with van der Waals surface area (Å²) >= 11 is 1.27. The number of rotatable bonds is 8. The fourth-order valence-electron chi connectivity index (χ4n) is 3.18. The number of nitrogens with one attached hydrogen (secondary N) is 1. The molecule has 1 heterocycles. The molecule has 0 aliphatic carbocycles. The molecule has 162 valence electrons. The van der Waals surface area contributed by atoms with Gasteiger partial charge in [-0.25, -0.2) is 12.8 Å². The standard InChI is InChI=1S/C21H25FN2O4S2/c1-2-28-19-11-8-17(14-20(19)30(26,27)24-12-4-3-5-13-24)23-21(25)15-29-18-9-6-16(22)7-10-18/h6-11,14H,2-5,12-13,15H2,1H3,(H,23,25). The highest BCUT2D eigenvalue weighted by Gasteiger charge is 2.29. The van der Waals surface area contributed by atoms with Gasteiger partial charge in [0.25, 0.3) is 0 Å². The number of halogens is 1. The predicted octanol–water partition coefficient (Wildman–Crippen LogP) is 4.13. The van der Waals surface area contributed by atoms with Crippen molar-refractivity contribution in [2.75, 3.05) is 30.8 Å². The number of carbonyl (C=O) groups excluding carboxylic acids is 1. The Balaban J connectivity index is 1.74. The number of sulfonamides is 1. The quantitative estimate of drug-likeness (QED) is 0.610. The summed E-state index contributed by atoms with van der Waals surface area (Å²) in [4.78, 5) is 13.2. The number of hydrogen-bond donors (Lipinski definition) is 1. The van der Waals surface area contributed by atoms with Crippen molar-refractivity contribution < 1.29 is 22.3 Å². The lowest BCUT2D eigenvalue weighted by Crippen LogP contribution is -2.35. The summed E-state index contributed by atoms with van der Waals surface area (Å²) in [5, 5.41) is 2.74. The number of amides is 1. The first kappa shape index (κ1) is 22.6. The van der Waals surface area contributed by atoms with Gasteiger partial charge in [0.2, 0.25) is 15.9 Å². The van der Waals surface area contributed by atoms with Crippen molar-refractivity contribution in [3.05, 3.63) is 48.3 Å². The zero-order valence-electron chi connectivity index (χ0n) is 16.8. The maximum atomic E-state index is 13.2. The minimum Gasteiger partial charge on any atom is -0.492 e. The van der Waals surface area contributed by atoms with Crippen molar-refractivity contribution >= 4 is 33.4 Å². The SMILES string of the molecule is CCOc1ccc(NC(=O)CSc2ccc(F)cc2)cc1S(=O)(=O)N1CCCCC1. The zero-order valence-corrected chi connectivity index (χ0v) is 18.4. The Kier molecular flexibility index (Phi) is 7.74. The van der Waals surface area contributed by atoms with Crippen molar-refractivity contribution in [3.8, 4) is 5.75 Å². The number of piperidine rings is 1. The molecule has 3 rings (SSSR count). The topological polar surface area (TPSA) is 75.7 Å². The Morgan fingerprint density at radius 1 is 1.13 bits per heavy atom. The molecule has 30 heavy (non-hydrogen) atoms. The Morgan fingerprint density at radius 2 is 1.83 bits per heavy atom. The molecule has 0 atom stereocenters. The summed E-state index contributed by atoms with van der Waals surface area (Å²) in [6, 6.07) is 10.5. The van der Waals surface area contributed by atoms with Crippen molar-refractivity contribution in [3.63, 3.8) is 0 Å². The van der Waals surface area contributed by atoms with E-state index in [1.807, 2.05) is 0 Å². The van der Waals surface area contributed by atoms with Gasteiger partial charge in [-0.2, -0.15) is 4.31 Å². The van der Waals surface area contributed by atoms with E-state index in [1.165, 1.54) is 34.3 Å². The molecule has 1 saturated heterocycles. The number of hydrogen-bond acceptors (Lipinski definition) is 5. The molecule has 1 amide bonds. The summed E-state index contributed by atoms with van der Waals surface area (Å²) in [5.74, 6) is -0.218. The summed E-state index contributed by atoms with van der Waals surface area (Å²) < 4.78 is 46.3. The first-order chi connectivity index (χ1) is 14.4. The molecule has 1 N–H and O–H groups in total. The second-order valence-corrected chi connectivity index (χ2v) is 9.81. The first-order valence-corrected chi connectivity index (χ1v) is 12.3. The van der Waals surface area contributed by atoms with E-state index in [0.29, 0.717) is 25.4 Å². The van der Waals surface area contributed by atoms with E-state index in [2.05, 4.69) is 5.32 Å². The summed E-state index contributed by atoms with van der Waals surface area (Å²) in [5.41, 5.74) is 0.388. The Bertz CT molecular complexity index is 975. The van der Waals surface area contributed by atoms with Crippen LogP contribution in [0.2, 0.25) is 0 Å². The van der Waals surface area contributed by atoms with E-state index in [4.69, 9.17) is 4.74 Å². The van der Waals surface area contributed by atoms with E-state index in [-0.39, 0.29) is 28.1 Å². The summed E-state index contributed by atoms with van der Waals surface area (Å²) in [6.45, 7) is 3.10. The third kappa shape index (κ3) is 5.74. The van der Waals surface area contributed by atoms with Crippen LogP contribution in [0.5, 0.6) is 5.75 Å². The van der Waals surface area contributed by atoms with Gasteiger partial charge in [0.05, 0.1) is 12.4 Å². The monoisotopic (exact) mass is 452 g/mol. The molecule has 2 aromatic rings. The smallest absolute Gasteiger partial charge is 0.246 e. The number of benzene rings is 2. The van der Waals surface area contributed by atoms with Gasteiger partial charge in [0.1, 0.15) is 16.5 Å². The van der Waals surface area contributed by atoms with Crippen LogP contribution in [0.25, 0.3) is 0 Å². The van der Waals surface area contributed by atoms with Crippen LogP contribution in [0.1, 0.15) is 26.2 Å². The molecule has 1 aliphatic heterocycles. The lowest BCUT2D eigenvalue weighted by atomic mass is 10.2.